The van der Waals surface area contributed by atoms with Crippen LogP contribution in [0, 0.1) is 11.8 Å². The number of carbonyl (C=O) groups is 1. The van der Waals surface area contributed by atoms with Crippen LogP contribution < -0.4 is 10.1 Å². The van der Waals surface area contributed by atoms with Gasteiger partial charge in [-0.1, -0.05) is 36.4 Å². The molecule has 4 rings (SSSR count). The average molecular weight is 395 g/mol. The van der Waals surface area contributed by atoms with Gasteiger partial charge in [0.15, 0.2) is 0 Å². The maximum Gasteiger partial charge on any atom is 0.387 e. The van der Waals surface area contributed by atoms with E-state index >= 15 is 0 Å². The van der Waals surface area contributed by atoms with Crippen LogP contribution in [0.2, 0.25) is 0 Å². The number of amides is 1. The largest absolute Gasteiger partial charge is 0.435 e. The molecule has 2 heterocycles. The molecular formula is C20H21ClF2N2O2. The van der Waals surface area contributed by atoms with Gasteiger partial charge in [0.25, 0.3) is 5.91 Å². The number of nitrogens with one attached hydrogen (secondary N) is 1. The Bertz CT molecular complexity index is 791. The van der Waals surface area contributed by atoms with Crippen molar-refractivity contribution in [1.82, 2.24) is 10.2 Å². The fraction of sp³-hybridized carbons (Fsp3) is 0.350. The van der Waals surface area contributed by atoms with Gasteiger partial charge < -0.3 is 15.0 Å². The minimum absolute atomic E-state index is 0. The quantitative estimate of drug-likeness (QED) is 0.858. The van der Waals surface area contributed by atoms with E-state index in [-0.39, 0.29) is 30.1 Å². The number of hydrogen-bond donors (Lipinski definition) is 1. The molecule has 0 aliphatic carbocycles. The Labute approximate surface area is 162 Å². The predicted octanol–water partition coefficient (Wildman–Crippen LogP) is 3.74. The first-order chi connectivity index (χ1) is 12.6. The highest BCUT2D eigenvalue weighted by Crippen LogP contribution is 2.43. The van der Waals surface area contributed by atoms with Gasteiger partial charge in [-0.05, 0) is 29.7 Å². The number of rotatable bonds is 4. The van der Waals surface area contributed by atoms with E-state index in [1.807, 2.05) is 35.2 Å². The number of nitrogens with zero attached hydrogens (tertiary/aromatic N) is 1. The summed E-state index contributed by atoms with van der Waals surface area (Å²) in [6, 6.07) is 16.0. The van der Waals surface area contributed by atoms with Gasteiger partial charge in [-0.3, -0.25) is 4.79 Å². The molecule has 2 aliphatic heterocycles. The van der Waals surface area contributed by atoms with E-state index in [2.05, 4.69) is 10.1 Å². The van der Waals surface area contributed by atoms with Crippen molar-refractivity contribution in [1.29, 1.82) is 0 Å². The lowest BCUT2D eigenvalue weighted by Gasteiger charge is -2.28. The van der Waals surface area contributed by atoms with Crippen LogP contribution in [0.3, 0.4) is 0 Å². The average Bonchev–Trinajstić information content (AvgIpc) is 3.22. The summed E-state index contributed by atoms with van der Waals surface area (Å²) in [6.07, 6.45) is 0. The Hall–Kier alpha value is -2.18. The zero-order valence-electron chi connectivity index (χ0n) is 14.6. The lowest BCUT2D eigenvalue weighted by Crippen LogP contribution is -2.34. The normalized spacial score (nSPS) is 23.8. The smallest absolute Gasteiger partial charge is 0.387 e. The van der Waals surface area contributed by atoms with Crippen molar-refractivity contribution in [3.8, 4) is 5.75 Å². The number of carbonyl (C=O) groups excluding carboxylic acids is 1. The summed E-state index contributed by atoms with van der Waals surface area (Å²) in [4.78, 5) is 15.0. The molecule has 0 saturated carbocycles. The maximum absolute atomic E-state index is 13.2. The third-order valence-corrected chi connectivity index (χ3v) is 5.27. The first-order valence-electron chi connectivity index (χ1n) is 8.75. The van der Waals surface area contributed by atoms with Crippen molar-refractivity contribution < 1.29 is 18.3 Å². The van der Waals surface area contributed by atoms with Crippen LogP contribution in [0.15, 0.2) is 54.6 Å². The van der Waals surface area contributed by atoms with E-state index < -0.39 is 6.61 Å². The Morgan fingerprint density at radius 2 is 1.89 bits per heavy atom. The highest BCUT2D eigenvalue weighted by molar-refractivity contribution is 5.95. The van der Waals surface area contributed by atoms with Crippen molar-refractivity contribution in [2.24, 2.45) is 11.8 Å². The van der Waals surface area contributed by atoms with Gasteiger partial charge >= 0.3 is 6.61 Å². The van der Waals surface area contributed by atoms with E-state index in [1.54, 1.807) is 12.1 Å². The molecule has 0 radical (unpaired) electrons. The molecule has 3 atom stereocenters. The summed E-state index contributed by atoms with van der Waals surface area (Å²) in [5.74, 6) is 0.627. The van der Waals surface area contributed by atoms with Crippen molar-refractivity contribution in [2.45, 2.75) is 12.7 Å². The number of hydrogen-bond acceptors (Lipinski definition) is 3. The molecular weight excluding hydrogens is 374 g/mol. The second-order valence-electron chi connectivity index (χ2n) is 6.80. The number of halogens is 3. The fourth-order valence-electron chi connectivity index (χ4n) is 4.18. The van der Waals surface area contributed by atoms with E-state index in [0.717, 1.165) is 18.7 Å². The lowest BCUT2D eigenvalue weighted by atomic mass is 9.89. The molecule has 0 spiro atoms. The zero-order chi connectivity index (χ0) is 18.1. The first-order valence-corrected chi connectivity index (χ1v) is 8.75. The lowest BCUT2D eigenvalue weighted by molar-refractivity contribution is -0.0499. The van der Waals surface area contributed by atoms with Crippen molar-refractivity contribution in [3.05, 3.63) is 65.7 Å². The van der Waals surface area contributed by atoms with E-state index in [1.165, 1.54) is 12.1 Å². The monoisotopic (exact) mass is 394 g/mol. The molecule has 144 valence electrons. The molecule has 7 heteroatoms. The molecule has 2 aliphatic rings. The number of fused-ring (bicyclic) bond motifs is 1. The molecule has 0 aromatic heterocycles. The summed E-state index contributed by atoms with van der Waals surface area (Å²) < 4.78 is 29.4. The van der Waals surface area contributed by atoms with Gasteiger partial charge in [0, 0.05) is 31.1 Å². The second kappa shape index (κ2) is 8.23. The second-order valence-corrected chi connectivity index (χ2v) is 6.80. The summed E-state index contributed by atoms with van der Waals surface area (Å²) in [5.41, 5.74) is 1.48. The minimum atomic E-state index is -2.91. The molecule has 1 N–H and O–H groups in total. The van der Waals surface area contributed by atoms with Crippen LogP contribution in [0.1, 0.15) is 22.0 Å². The molecule has 27 heavy (non-hydrogen) atoms. The number of ether oxygens (including phenoxy) is 1. The van der Waals surface area contributed by atoms with Gasteiger partial charge in [0.2, 0.25) is 0 Å². The molecule has 2 aromatic rings. The highest BCUT2D eigenvalue weighted by atomic mass is 35.5. The number of likely N-dealkylation sites (tertiary alicyclic amines) is 1. The first kappa shape index (κ1) is 19.6. The van der Waals surface area contributed by atoms with E-state index in [4.69, 9.17) is 0 Å². The molecule has 1 amide bonds. The van der Waals surface area contributed by atoms with E-state index in [9.17, 15) is 13.6 Å². The Kier molecular flexibility index (Phi) is 5.97. The fourth-order valence-corrected chi connectivity index (χ4v) is 4.18. The summed E-state index contributed by atoms with van der Waals surface area (Å²) in [7, 11) is 0. The number of benzene rings is 2. The van der Waals surface area contributed by atoms with Crippen molar-refractivity contribution in [2.75, 3.05) is 19.6 Å². The van der Waals surface area contributed by atoms with Gasteiger partial charge in [0.1, 0.15) is 5.75 Å². The van der Waals surface area contributed by atoms with Gasteiger partial charge in [-0.25, -0.2) is 0 Å². The van der Waals surface area contributed by atoms with Crippen LogP contribution in [0.5, 0.6) is 5.75 Å². The van der Waals surface area contributed by atoms with Crippen LogP contribution in [-0.2, 0) is 0 Å². The Balaban J connectivity index is 0.00000210. The summed E-state index contributed by atoms with van der Waals surface area (Å²) in [6.45, 7) is -0.472. The van der Waals surface area contributed by atoms with Crippen LogP contribution in [0.4, 0.5) is 8.78 Å². The molecule has 2 saturated heterocycles. The predicted molar refractivity (Wildman–Crippen MR) is 100 cm³/mol. The van der Waals surface area contributed by atoms with Gasteiger partial charge in [-0.15, -0.1) is 12.4 Å². The molecule has 2 aromatic carbocycles. The highest BCUT2D eigenvalue weighted by Gasteiger charge is 2.46. The number of alkyl halides is 2. The third-order valence-electron chi connectivity index (χ3n) is 5.27. The topological polar surface area (TPSA) is 41.6 Å². The molecule has 0 unspecified atom stereocenters. The molecule has 4 nitrogen and oxygen atoms in total. The summed E-state index contributed by atoms with van der Waals surface area (Å²) >= 11 is 0. The SMILES string of the molecule is Cl.O=C(c1cccc(OC(F)F)c1)N1C[C@@H]2CNC[C@@H]2[C@@H]1c1ccccc1. The van der Waals surface area contributed by atoms with Crippen molar-refractivity contribution in [3.63, 3.8) is 0 Å². The van der Waals surface area contributed by atoms with Crippen LogP contribution >= 0.6 is 12.4 Å². The zero-order valence-corrected chi connectivity index (χ0v) is 15.4. The third kappa shape index (κ3) is 3.92. The standard InChI is InChI=1S/C20H20F2N2O2.ClH/c21-20(22)26-16-8-4-7-14(9-16)19(25)24-12-15-10-23-11-17(15)18(24)13-5-2-1-3-6-13;/h1-9,15,17-18,20,23H,10-12H2;1H/t15-,17-,18-;/m0./s1. The molecule has 2 fully saturated rings. The van der Waals surface area contributed by atoms with E-state index in [0.29, 0.717) is 23.9 Å². The van der Waals surface area contributed by atoms with Crippen LogP contribution in [0.25, 0.3) is 0 Å². The molecule has 0 bridgehead atoms. The maximum atomic E-state index is 13.2. The van der Waals surface area contributed by atoms with Crippen molar-refractivity contribution >= 4 is 18.3 Å². The summed E-state index contributed by atoms with van der Waals surface area (Å²) in [5, 5.41) is 3.41. The van der Waals surface area contributed by atoms with Gasteiger partial charge in [0.05, 0.1) is 6.04 Å². The Morgan fingerprint density at radius 1 is 1.11 bits per heavy atom. The Morgan fingerprint density at radius 3 is 2.63 bits per heavy atom. The van der Waals surface area contributed by atoms with Crippen LogP contribution in [-0.4, -0.2) is 37.1 Å². The minimum Gasteiger partial charge on any atom is -0.435 e. The van der Waals surface area contributed by atoms with Gasteiger partial charge in [-0.2, -0.15) is 8.78 Å².